The third-order valence-electron chi connectivity index (χ3n) is 4.27. The van der Waals surface area contributed by atoms with Gasteiger partial charge in [-0.25, -0.2) is 19.7 Å². The average molecular weight is 428 g/mol. The molecule has 3 rings (SSSR count). The smallest absolute Gasteiger partial charge is 0.475 e. The van der Waals surface area contributed by atoms with Crippen molar-refractivity contribution in [3.05, 3.63) is 12.2 Å². The Bertz CT molecular complexity index is 857. The molecule has 29 heavy (non-hydrogen) atoms. The number of carboxylic acid groups (broad SMARTS) is 1. The molecule has 0 aromatic carbocycles. The standard InChI is InChI=1S/C13H17F3N6.C2HF3O2/c1-21-7-18-10-11(21)19-9(6-17)20-12(10)22-4-2-8(3-5-22)13(14,15)16;3-2(4,5)1(6)7/h7-8H,2-6,17H2,1H3;(H,6,7). The van der Waals surface area contributed by atoms with E-state index in [1.54, 1.807) is 10.9 Å². The molecule has 0 bridgehead atoms. The molecule has 0 amide bonds. The van der Waals surface area contributed by atoms with Gasteiger partial charge in [-0.2, -0.15) is 26.3 Å². The average Bonchev–Trinajstić information content (AvgIpc) is 3.01. The lowest BCUT2D eigenvalue weighted by Gasteiger charge is -2.33. The minimum atomic E-state index is -5.08. The third-order valence-corrected chi connectivity index (χ3v) is 4.27. The zero-order valence-electron chi connectivity index (χ0n) is 15.1. The molecular formula is C15H18F6N6O2. The van der Waals surface area contributed by atoms with Crippen molar-refractivity contribution in [3.63, 3.8) is 0 Å². The Hall–Kier alpha value is -2.64. The number of carbonyl (C=O) groups is 1. The van der Waals surface area contributed by atoms with Crippen LogP contribution in [0.4, 0.5) is 32.2 Å². The van der Waals surface area contributed by atoms with E-state index in [2.05, 4.69) is 15.0 Å². The number of fused-ring (bicyclic) bond motifs is 1. The van der Waals surface area contributed by atoms with Gasteiger partial charge >= 0.3 is 18.3 Å². The minimum Gasteiger partial charge on any atom is -0.475 e. The molecule has 0 unspecified atom stereocenters. The number of nitrogens with zero attached hydrogens (tertiary/aromatic N) is 5. The SMILES string of the molecule is Cn1cnc2c(N3CCC(C(F)(F)F)CC3)nc(CN)nc21.O=C(O)C(F)(F)F. The molecule has 2 aromatic rings. The molecule has 3 heterocycles. The van der Waals surface area contributed by atoms with E-state index >= 15 is 0 Å². The second-order valence-electron chi connectivity index (χ2n) is 6.30. The Morgan fingerprint density at radius 2 is 1.76 bits per heavy atom. The monoisotopic (exact) mass is 428 g/mol. The van der Waals surface area contributed by atoms with Gasteiger partial charge in [0.2, 0.25) is 0 Å². The molecule has 1 aliphatic heterocycles. The molecule has 0 aliphatic carbocycles. The van der Waals surface area contributed by atoms with Crippen molar-refractivity contribution in [3.8, 4) is 0 Å². The summed E-state index contributed by atoms with van der Waals surface area (Å²) in [7, 11) is 1.81. The van der Waals surface area contributed by atoms with E-state index in [0.29, 0.717) is 35.9 Å². The summed E-state index contributed by atoms with van der Waals surface area (Å²) < 4.78 is 71.8. The Labute approximate surface area is 160 Å². The Balaban J connectivity index is 0.000000370. The summed E-state index contributed by atoms with van der Waals surface area (Å²) in [4.78, 5) is 23.7. The van der Waals surface area contributed by atoms with Gasteiger partial charge in [0, 0.05) is 20.1 Å². The van der Waals surface area contributed by atoms with Crippen molar-refractivity contribution in [2.45, 2.75) is 31.7 Å². The summed E-state index contributed by atoms with van der Waals surface area (Å²) >= 11 is 0. The molecule has 162 valence electrons. The second kappa shape index (κ2) is 8.39. The summed E-state index contributed by atoms with van der Waals surface area (Å²) in [5, 5.41) is 7.12. The number of halogens is 6. The van der Waals surface area contributed by atoms with Gasteiger partial charge in [0.1, 0.15) is 5.82 Å². The van der Waals surface area contributed by atoms with E-state index in [1.807, 2.05) is 11.9 Å². The number of hydrogen-bond acceptors (Lipinski definition) is 6. The highest BCUT2D eigenvalue weighted by atomic mass is 19.4. The van der Waals surface area contributed by atoms with Crippen molar-refractivity contribution >= 4 is 23.0 Å². The highest BCUT2D eigenvalue weighted by molar-refractivity contribution is 5.83. The normalized spacial score (nSPS) is 15.9. The van der Waals surface area contributed by atoms with Gasteiger partial charge in [0.05, 0.1) is 18.8 Å². The van der Waals surface area contributed by atoms with Crippen molar-refractivity contribution in [2.24, 2.45) is 18.7 Å². The van der Waals surface area contributed by atoms with Crippen LogP contribution in [0.15, 0.2) is 6.33 Å². The number of rotatable bonds is 2. The van der Waals surface area contributed by atoms with Gasteiger partial charge < -0.3 is 20.3 Å². The fourth-order valence-corrected chi connectivity index (χ4v) is 2.77. The number of aromatic nitrogens is 4. The number of carboxylic acids is 1. The first-order chi connectivity index (χ1) is 13.3. The van der Waals surface area contributed by atoms with Crippen molar-refractivity contribution in [1.29, 1.82) is 0 Å². The van der Waals surface area contributed by atoms with E-state index in [1.165, 1.54) is 0 Å². The first kappa shape index (κ1) is 22.6. The number of nitrogens with two attached hydrogens (primary N) is 1. The zero-order valence-corrected chi connectivity index (χ0v) is 15.1. The summed E-state index contributed by atoms with van der Waals surface area (Å²) in [6.07, 6.45) is -7.45. The predicted molar refractivity (Wildman–Crippen MR) is 88.9 cm³/mol. The maximum absolute atomic E-state index is 12.8. The number of hydrogen-bond donors (Lipinski definition) is 2. The molecule has 1 saturated heterocycles. The maximum Gasteiger partial charge on any atom is 0.490 e. The number of piperidine rings is 1. The third kappa shape index (κ3) is 5.46. The lowest BCUT2D eigenvalue weighted by atomic mass is 9.96. The van der Waals surface area contributed by atoms with E-state index < -0.39 is 24.2 Å². The van der Waals surface area contributed by atoms with Crippen LogP contribution in [0.5, 0.6) is 0 Å². The lowest BCUT2D eigenvalue weighted by molar-refractivity contribution is -0.192. The first-order valence-corrected chi connectivity index (χ1v) is 8.34. The highest BCUT2D eigenvalue weighted by Gasteiger charge is 2.41. The Morgan fingerprint density at radius 3 is 2.21 bits per heavy atom. The largest absolute Gasteiger partial charge is 0.490 e. The van der Waals surface area contributed by atoms with Crippen molar-refractivity contribution in [1.82, 2.24) is 19.5 Å². The van der Waals surface area contributed by atoms with Crippen LogP contribution < -0.4 is 10.6 Å². The second-order valence-corrected chi connectivity index (χ2v) is 6.30. The van der Waals surface area contributed by atoms with Gasteiger partial charge in [-0.1, -0.05) is 0 Å². The summed E-state index contributed by atoms with van der Waals surface area (Å²) in [6, 6.07) is 0. The van der Waals surface area contributed by atoms with Crippen LogP contribution in [-0.2, 0) is 18.4 Å². The summed E-state index contributed by atoms with van der Waals surface area (Å²) in [6.45, 7) is 0.779. The molecule has 1 aliphatic rings. The van der Waals surface area contributed by atoms with E-state index in [0.717, 1.165) is 0 Å². The summed E-state index contributed by atoms with van der Waals surface area (Å²) in [5.74, 6) is -2.96. The molecule has 2 aromatic heterocycles. The first-order valence-electron chi connectivity index (χ1n) is 8.34. The zero-order chi connectivity index (χ0) is 22.0. The molecule has 8 nitrogen and oxygen atoms in total. The van der Waals surface area contributed by atoms with Crippen LogP contribution >= 0.6 is 0 Å². The number of aliphatic carboxylic acids is 1. The predicted octanol–water partition coefficient (Wildman–Crippen LogP) is 2.23. The molecule has 0 saturated carbocycles. The van der Waals surface area contributed by atoms with Crippen molar-refractivity contribution < 1.29 is 36.2 Å². The van der Waals surface area contributed by atoms with E-state index in [4.69, 9.17) is 15.6 Å². The van der Waals surface area contributed by atoms with Crippen LogP contribution in [0.25, 0.3) is 11.2 Å². The van der Waals surface area contributed by atoms with E-state index in [-0.39, 0.29) is 19.4 Å². The van der Waals surface area contributed by atoms with Gasteiger partial charge in [-0.3, -0.25) is 0 Å². The molecule has 14 heteroatoms. The van der Waals surface area contributed by atoms with Gasteiger partial charge in [-0.05, 0) is 12.8 Å². The Kier molecular flexibility index (Phi) is 6.55. The highest BCUT2D eigenvalue weighted by Crippen LogP contribution is 2.36. The van der Waals surface area contributed by atoms with Crippen LogP contribution in [0.3, 0.4) is 0 Å². The topological polar surface area (TPSA) is 110 Å². The van der Waals surface area contributed by atoms with Gasteiger partial charge in [-0.15, -0.1) is 0 Å². The molecule has 3 N–H and O–H groups in total. The minimum absolute atomic E-state index is 0.0692. The van der Waals surface area contributed by atoms with Crippen LogP contribution in [0.2, 0.25) is 0 Å². The van der Waals surface area contributed by atoms with Crippen LogP contribution in [0.1, 0.15) is 18.7 Å². The van der Waals surface area contributed by atoms with E-state index in [9.17, 15) is 26.3 Å². The molecule has 0 radical (unpaired) electrons. The maximum atomic E-state index is 12.8. The summed E-state index contributed by atoms with van der Waals surface area (Å²) in [5.41, 5.74) is 6.86. The Morgan fingerprint density at radius 1 is 1.21 bits per heavy atom. The van der Waals surface area contributed by atoms with Crippen LogP contribution in [0, 0.1) is 5.92 Å². The fraction of sp³-hybridized carbons (Fsp3) is 0.600. The molecular weight excluding hydrogens is 410 g/mol. The van der Waals surface area contributed by atoms with Crippen LogP contribution in [-0.4, -0.2) is 56.0 Å². The lowest BCUT2D eigenvalue weighted by Crippen LogP contribution is -2.39. The quantitative estimate of drug-likeness (QED) is 0.706. The fourth-order valence-electron chi connectivity index (χ4n) is 2.77. The molecule has 0 atom stereocenters. The molecule has 0 spiro atoms. The number of anilines is 1. The van der Waals surface area contributed by atoms with Gasteiger partial charge in [0.15, 0.2) is 17.0 Å². The van der Waals surface area contributed by atoms with Gasteiger partial charge in [0.25, 0.3) is 0 Å². The number of alkyl halides is 6. The number of aryl methyl sites for hydroxylation is 1. The molecule has 1 fully saturated rings. The van der Waals surface area contributed by atoms with Crippen molar-refractivity contribution in [2.75, 3.05) is 18.0 Å². The number of imidazole rings is 1.